The average Bonchev–Trinajstić information content (AvgIpc) is 2.36. The van der Waals surface area contributed by atoms with E-state index >= 15 is 0 Å². The van der Waals surface area contributed by atoms with Gasteiger partial charge >= 0.3 is 9.28 Å². The third-order valence-electron chi connectivity index (χ3n) is 3.32. The maximum atomic E-state index is 5.30. The highest BCUT2D eigenvalue weighted by Crippen LogP contribution is 2.12. The van der Waals surface area contributed by atoms with Crippen molar-refractivity contribution in [3.05, 3.63) is 0 Å². The van der Waals surface area contributed by atoms with E-state index in [2.05, 4.69) is 6.92 Å². The Bertz CT molecular complexity index is 138. The molecule has 17 heavy (non-hydrogen) atoms. The number of hydrogen-bond acceptors (Lipinski definition) is 2. The zero-order valence-electron chi connectivity index (χ0n) is 12.2. The van der Waals surface area contributed by atoms with Crippen molar-refractivity contribution in [2.24, 2.45) is 0 Å². The molecule has 2 nitrogen and oxygen atoms in total. The molecule has 0 fully saturated rings. The predicted octanol–water partition coefficient (Wildman–Crippen LogP) is 4.42. The second kappa shape index (κ2) is 14.2. The minimum absolute atomic E-state index is 1.17. The average molecular weight is 260 g/mol. The Morgan fingerprint density at radius 1 is 0.647 bits per heavy atom. The van der Waals surface area contributed by atoms with Gasteiger partial charge in [-0.1, -0.05) is 71.1 Å². The van der Waals surface area contributed by atoms with Crippen LogP contribution < -0.4 is 0 Å². The van der Waals surface area contributed by atoms with E-state index in [-0.39, 0.29) is 0 Å². The fraction of sp³-hybridized carbons (Fsp3) is 1.00. The highest BCUT2D eigenvalue weighted by atomic mass is 28.3. The van der Waals surface area contributed by atoms with Crippen LogP contribution in [0.15, 0.2) is 0 Å². The Hall–Kier alpha value is 0.137. The summed E-state index contributed by atoms with van der Waals surface area (Å²) in [7, 11) is 2.28. The lowest BCUT2D eigenvalue weighted by atomic mass is 10.1. The largest absolute Gasteiger partial charge is 0.400 e. The normalized spacial score (nSPS) is 11.3. The summed E-state index contributed by atoms with van der Waals surface area (Å²) in [4.78, 5) is 0. The van der Waals surface area contributed by atoms with Gasteiger partial charge in [0.1, 0.15) is 0 Å². The van der Waals surface area contributed by atoms with E-state index in [1.165, 1.54) is 70.3 Å². The van der Waals surface area contributed by atoms with Crippen LogP contribution >= 0.6 is 0 Å². The van der Waals surface area contributed by atoms with Crippen LogP contribution in [0.3, 0.4) is 0 Å². The Labute approximate surface area is 110 Å². The van der Waals surface area contributed by atoms with Crippen LogP contribution in [0, 0.1) is 0 Å². The van der Waals surface area contributed by atoms with E-state index < -0.39 is 9.28 Å². The fourth-order valence-corrected chi connectivity index (χ4v) is 3.42. The predicted molar refractivity (Wildman–Crippen MR) is 77.8 cm³/mol. The standard InChI is InChI=1S/C14H32O2Si/c1-4-5-6-7-8-9-10-11-12-13-14-17(15-2)16-3/h17H,4-14H2,1-3H3. The van der Waals surface area contributed by atoms with Crippen LogP contribution in [-0.4, -0.2) is 23.5 Å². The SMILES string of the molecule is CCCCCCCCCCCC[SiH](OC)OC. The first-order valence-corrected chi connectivity index (χ1v) is 9.16. The highest BCUT2D eigenvalue weighted by Gasteiger charge is 2.07. The molecule has 0 rings (SSSR count). The number of rotatable bonds is 13. The maximum absolute atomic E-state index is 5.30. The zero-order chi connectivity index (χ0) is 12.8. The molecule has 0 aromatic rings. The molecule has 0 heterocycles. The molecule has 0 spiro atoms. The molecule has 0 N–H and O–H groups in total. The van der Waals surface area contributed by atoms with Crippen LogP contribution in [0.1, 0.15) is 71.1 Å². The number of unbranched alkanes of at least 4 members (excludes halogenated alkanes) is 9. The monoisotopic (exact) mass is 260 g/mol. The molecule has 0 aliphatic rings. The van der Waals surface area contributed by atoms with Gasteiger partial charge in [0.15, 0.2) is 0 Å². The van der Waals surface area contributed by atoms with Gasteiger partial charge in [-0.25, -0.2) is 0 Å². The Balaban J connectivity index is 3.03. The third-order valence-corrected chi connectivity index (χ3v) is 5.25. The lowest BCUT2D eigenvalue weighted by Gasteiger charge is -2.10. The van der Waals surface area contributed by atoms with Crippen molar-refractivity contribution >= 4 is 9.28 Å². The van der Waals surface area contributed by atoms with Crippen LogP contribution in [0.5, 0.6) is 0 Å². The summed E-state index contributed by atoms with van der Waals surface area (Å²) in [6.07, 6.45) is 14.0. The molecule has 0 saturated heterocycles. The summed E-state index contributed by atoms with van der Waals surface area (Å²) >= 11 is 0. The molecule has 0 aromatic carbocycles. The zero-order valence-corrected chi connectivity index (χ0v) is 13.3. The quantitative estimate of drug-likeness (QED) is 0.360. The van der Waals surface area contributed by atoms with Gasteiger partial charge in [0.25, 0.3) is 0 Å². The summed E-state index contributed by atoms with van der Waals surface area (Å²) in [6.45, 7) is 2.27. The smallest absolute Gasteiger partial charge is 0.320 e. The molecule has 0 aliphatic carbocycles. The maximum Gasteiger partial charge on any atom is 0.320 e. The van der Waals surface area contributed by atoms with E-state index in [9.17, 15) is 0 Å². The van der Waals surface area contributed by atoms with E-state index in [0.717, 1.165) is 0 Å². The third kappa shape index (κ3) is 12.4. The molecule has 0 aliphatic heterocycles. The minimum atomic E-state index is -1.27. The molecule has 0 bridgehead atoms. The van der Waals surface area contributed by atoms with Crippen LogP contribution in [0.25, 0.3) is 0 Å². The number of hydrogen-bond donors (Lipinski definition) is 0. The van der Waals surface area contributed by atoms with E-state index in [1.54, 1.807) is 14.2 Å². The van der Waals surface area contributed by atoms with Gasteiger partial charge in [-0.3, -0.25) is 0 Å². The summed E-state index contributed by atoms with van der Waals surface area (Å²) in [6, 6.07) is 1.17. The lowest BCUT2D eigenvalue weighted by molar-refractivity contribution is 0.276. The molecule has 0 amide bonds. The molecule has 0 aromatic heterocycles. The second-order valence-electron chi connectivity index (χ2n) is 4.87. The molecular weight excluding hydrogens is 228 g/mol. The van der Waals surface area contributed by atoms with Crippen molar-refractivity contribution in [1.29, 1.82) is 0 Å². The molecule has 0 atom stereocenters. The van der Waals surface area contributed by atoms with Gasteiger partial charge in [0.05, 0.1) is 0 Å². The van der Waals surface area contributed by atoms with Crippen LogP contribution in [0.2, 0.25) is 6.04 Å². The molecule has 0 saturated carbocycles. The topological polar surface area (TPSA) is 18.5 Å². The van der Waals surface area contributed by atoms with Crippen LogP contribution in [0.4, 0.5) is 0 Å². The van der Waals surface area contributed by atoms with E-state index in [4.69, 9.17) is 8.85 Å². The Kier molecular flexibility index (Phi) is 14.3. The van der Waals surface area contributed by atoms with E-state index in [0.29, 0.717) is 0 Å². The summed E-state index contributed by atoms with van der Waals surface area (Å²) in [5, 5.41) is 0. The molecule has 3 heteroatoms. The van der Waals surface area contributed by atoms with Crippen molar-refractivity contribution in [3.63, 3.8) is 0 Å². The highest BCUT2D eigenvalue weighted by molar-refractivity contribution is 6.44. The molecule has 104 valence electrons. The van der Waals surface area contributed by atoms with Gasteiger partial charge in [-0.2, -0.15) is 0 Å². The van der Waals surface area contributed by atoms with Crippen molar-refractivity contribution < 1.29 is 8.85 Å². The first kappa shape index (κ1) is 17.1. The Morgan fingerprint density at radius 3 is 1.47 bits per heavy atom. The first-order valence-electron chi connectivity index (χ1n) is 7.40. The van der Waals surface area contributed by atoms with Crippen molar-refractivity contribution in [2.45, 2.75) is 77.2 Å². The molecule has 0 radical (unpaired) electrons. The van der Waals surface area contributed by atoms with Gasteiger partial charge in [0.2, 0.25) is 0 Å². The molecular formula is C14H32O2Si. The van der Waals surface area contributed by atoms with Gasteiger partial charge in [0, 0.05) is 14.2 Å². The van der Waals surface area contributed by atoms with Gasteiger partial charge < -0.3 is 8.85 Å². The Morgan fingerprint density at radius 2 is 1.06 bits per heavy atom. The lowest BCUT2D eigenvalue weighted by Crippen LogP contribution is -2.18. The van der Waals surface area contributed by atoms with Crippen LogP contribution in [-0.2, 0) is 8.85 Å². The minimum Gasteiger partial charge on any atom is -0.400 e. The van der Waals surface area contributed by atoms with Crippen molar-refractivity contribution in [3.8, 4) is 0 Å². The van der Waals surface area contributed by atoms with Gasteiger partial charge in [-0.15, -0.1) is 0 Å². The summed E-state index contributed by atoms with van der Waals surface area (Å²) < 4.78 is 10.6. The fourth-order valence-electron chi connectivity index (χ4n) is 2.13. The van der Waals surface area contributed by atoms with Crippen molar-refractivity contribution in [1.82, 2.24) is 0 Å². The van der Waals surface area contributed by atoms with Crippen molar-refractivity contribution in [2.75, 3.05) is 14.2 Å². The summed E-state index contributed by atoms with van der Waals surface area (Å²) in [5.41, 5.74) is 0. The second-order valence-corrected chi connectivity index (χ2v) is 7.25. The van der Waals surface area contributed by atoms with E-state index in [1.807, 2.05) is 0 Å². The first-order chi connectivity index (χ1) is 8.35. The summed E-state index contributed by atoms with van der Waals surface area (Å²) in [5.74, 6) is 0. The van der Waals surface area contributed by atoms with Gasteiger partial charge in [-0.05, 0) is 6.04 Å². The molecule has 0 unspecified atom stereocenters.